The second-order valence-corrected chi connectivity index (χ2v) is 14.8. The quantitative estimate of drug-likeness (QED) is 0.181. The first kappa shape index (κ1) is 31.5. The third-order valence-corrected chi connectivity index (χ3v) is 11.7. The molecular weight excluding hydrogens is 695 g/mol. The van der Waals surface area contributed by atoms with E-state index in [1.165, 1.54) is 27.2 Å². The maximum atomic E-state index is 9.56. The number of nitrogens with zero attached hydrogens (tertiary/aromatic N) is 3. The van der Waals surface area contributed by atoms with Crippen molar-refractivity contribution in [1.29, 1.82) is 5.26 Å². The summed E-state index contributed by atoms with van der Waals surface area (Å²) in [5, 5.41) is 18.7. The monoisotopic (exact) mass is 725 g/mol. The van der Waals surface area contributed by atoms with Crippen molar-refractivity contribution in [3.63, 3.8) is 0 Å². The fraction of sp³-hybridized carbons (Fsp3) is 0. The molecule has 3 aromatic heterocycles. The highest BCUT2D eigenvalue weighted by molar-refractivity contribution is 6.20. The van der Waals surface area contributed by atoms with Crippen molar-refractivity contribution in [3.05, 3.63) is 194 Å². The van der Waals surface area contributed by atoms with Crippen LogP contribution in [0.4, 0.5) is 0 Å². The molecule has 264 valence electrons. The molecule has 0 amide bonds. The zero-order valence-corrected chi connectivity index (χ0v) is 30.6. The number of nitriles is 1. The predicted molar refractivity (Wildman–Crippen MR) is 235 cm³/mol. The first-order valence-electron chi connectivity index (χ1n) is 19.2. The number of aromatic nitrogens is 2. The topological polar surface area (TPSA) is 46.8 Å². The van der Waals surface area contributed by atoms with Crippen molar-refractivity contribution < 1.29 is 4.42 Å². The van der Waals surface area contributed by atoms with Crippen LogP contribution < -0.4 is 0 Å². The van der Waals surface area contributed by atoms with Crippen LogP contribution in [0.3, 0.4) is 0 Å². The van der Waals surface area contributed by atoms with Gasteiger partial charge in [-0.15, -0.1) is 0 Å². The average Bonchev–Trinajstić information content (AvgIpc) is 3.93. The van der Waals surface area contributed by atoms with Crippen molar-refractivity contribution in [2.24, 2.45) is 0 Å². The summed E-state index contributed by atoms with van der Waals surface area (Å²) in [5.74, 6) is 0. The summed E-state index contributed by atoms with van der Waals surface area (Å²) < 4.78 is 11.4. The van der Waals surface area contributed by atoms with Crippen LogP contribution in [-0.2, 0) is 0 Å². The molecule has 0 bridgehead atoms. The largest absolute Gasteiger partial charge is 0.455 e. The van der Waals surface area contributed by atoms with Gasteiger partial charge in [0.05, 0.1) is 33.7 Å². The van der Waals surface area contributed by atoms with E-state index in [0.29, 0.717) is 5.56 Å². The van der Waals surface area contributed by atoms with Gasteiger partial charge in [-0.3, -0.25) is 0 Å². The number of rotatable bonds is 4. The first-order chi connectivity index (χ1) is 28.2. The number of furan rings is 1. The summed E-state index contributed by atoms with van der Waals surface area (Å²) in [6.07, 6.45) is 0. The molecule has 0 radical (unpaired) electrons. The standard InChI is InChI=1S/C53H31N3O/c54-32-33-20-21-35-29-39(25-22-34(35)28-33)56-49-27-24-37(36-23-26-48-45(30-36)40-12-4-6-17-47(40)55(48)38-10-2-1-3-11-38)31-46(49)52-42(14-9-18-50(52)56)44-16-8-15-43-41-13-5-7-19-51(41)57-53(43)44/h1-31H. The van der Waals surface area contributed by atoms with Crippen LogP contribution in [0.15, 0.2) is 192 Å². The molecule has 57 heavy (non-hydrogen) atoms. The van der Waals surface area contributed by atoms with Gasteiger partial charge in [-0.2, -0.15) is 5.26 Å². The van der Waals surface area contributed by atoms with Gasteiger partial charge in [-0.1, -0.05) is 109 Å². The smallest absolute Gasteiger partial charge is 0.143 e. The third kappa shape index (κ3) is 4.67. The maximum Gasteiger partial charge on any atom is 0.143 e. The van der Waals surface area contributed by atoms with Crippen molar-refractivity contribution in [2.45, 2.75) is 0 Å². The molecule has 0 aliphatic heterocycles. The van der Waals surface area contributed by atoms with E-state index in [9.17, 15) is 5.26 Å². The van der Waals surface area contributed by atoms with E-state index in [4.69, 9.17) is 4.42 Å². The van der Waals surface area contributed by atoms with Crippen LogP contribution in [0.2, 0.25) is 0 Å². The first-order valence-corrected chi connectivity index (χ1v) is 19.2. The van der Waals surface area contributed by atoms with Crippen molar-refractivity contribution in [3.8, 4) is 39.7 Å². The van der Waals surface area contributed by atoms with Crippen molar-refractivity contribution >= 4 is 76.3 Å². The summed E-state index contributed by atoms with van der Waals surface area (Å²) in [7, 11) is 0. The Bertz CT molecular complexity index is 3650. The van der Waals surface area contributed by atoms with Crippen molar-refractivity contribution in [2.75, 3.05) is 0 Å². The molecule has 0 fully saturated rings. The molecule has 9 aromatic carbocycles. The van der Waals surface area contributed by atoms with Crippen LogP contribution in [0, 0.1) is 11.3 Å². The van der Waals surface area contributed by atoms with Gasteiger partial charge < -0.3 is 13.6 Å². The Morgan fingerprint density at radius 2 is 1.04 bits per heavy atom. The van der Waals surface area contributed by atoms with E-state index in [-0.39, 0.29) is 0 Å². The van der Waals surface area contributed by atoms with Gasteiger partial charge in [-0.05, 0) is 106 Å². The number of para-hydroxylation sites is 4. The molecular formula is C53H31N3O. The second kappa shape index (κ2) is 12.1. The third-order valence-electron chi connectivity index (χ3n) is 11.7. The lowest BCUT2D eigenvalue weighted by Crippen LogP contribution is -1.94. The van der Waals surface area contributed by atoms with Crippen LogP contribution in [0.25, 0.3) is 110 Å². The van der Waals surface area contributed by atoms with Gasteiger partial charge in [-0.25, -0.2) is 0 Å². The number of fused-ring (bicyclic) bond motifs is 10. The lowest BCUT2D eigenvalue weighted by molar-refractivity contribution is 0.670. The lowest BCUT2D eigenvalue weighted by atomic mass is 9.96. The molecule has 0 spiro atoms. The number of hydrogen-bond acceptors (Lipinski definition) is 2. The number of benzene rings is 9. The normalized spacial score (nSPS) is 11.8. The molecule has 3 heterocycles. The minimum Gasteiger partial charge on any atom is -0.455 e. The Morgan fingerprint density at radius 3 is 1.89 bits per heavy atom. The zero-order valence-electron chi connectivity index (χ0n) is 30.6. The molecule has 0 aliphatic carbocycles. The highest BCUT2D eigenvalue weighted by Crippen LogP contribution is 2.44. The van der Waals surface area contributed by atoms with Gasteiger partial charge in [0.2, 0.25) is 0 Å². The van der Waals surface area contributed by atoms with Gasteiger partial charge in [0.1, 0.15) is 11.2 Å². The molecule has 0 unspecified atom stereocenters. The summed E-state index contributed by atoms with van der Waals surface area (Å²) >= 11 is 0. The molecule has 4 heteroatoms. The second-order valence-electron chi connectivity index (χ2n) is 14.8. The Labute approximate surface area is 327 Å². The SMILES string of the molecule is N#Cc1ccc2cc(-n3c4ccc(-c5ccc6c(c5)c5ccccc5n6-c5ccccc5)cc4c4c(-c5cccc6c5oc5ccccc56)cccc43)ccc2c1. The van der Waals surface area contributed by atoms with E-state index in [1.807, 2.05) is 30.3 Å². The Balaban J connectivity index is 1.13. The molecule has 0 aliphatic rings. The van der Waals surface area contributed by atoms with E-state index in [0.717, 1.165) is 82.8 Å². The molecule has 0 atom stereocenters. The maximum absolute atomic E-state index is 9.56. The van der Waals surface area contributed by atoms with Gasteiger partial charge >= 0.3 is 0 Å². The Morgan fingerprint density at radius 1 is 0.404 bits per heavy atom. The minimum atomic E-state index is 0.659. The van der Waals surface area contributed by atoms with E-state index in [1.54, 1.807) is 0 Å². The van der Waals surface area contributed by atoms with Gasteiger partial charge in [0.25, 0.3) is 0 Å². The fourth-order valence-corrected chi connectivity index (χ4v) is 9.16. The van der Waals surface area contributed by atoms with Crippen LogP contribution in [-0.4, -0.2) is 9.13 Å². The fourth-order valence-electron chi connectivity index (χ4n) is 9.16. The molecule has 4 nitrogen and oxygen atoms in total. The van der Waals surface area contributed by atoms with Gasteiger partial charge in [0, 0.05) is 49.3 Å². The van der Waals surface area contributed by atoms with Crippen molar-refractivity contribution in [1.82, 2.24) is 9.13 Å². The lowest BCUT2D eigenvalue weighted by Gasteiger charge is -2.11. The van der Waals surface area contributed by atoms with Crippen LogP contribution in [0.1, 0.15) is 5.56 Å². The zero-order chi connectivity index (χ0) is 37.6. The molecule has 0 saturated heterocycles. The Kier molecular flexibility index (Phi) is 6.66. The minimum absolute atomic E-state index is 0.659. The molecule has 12 aromatic rings. The highest BCUT2D eigenvalue weighted by atomic mass is 16.3. The van der Waals surface area contributed by atoms with E-state index >= 15 is 0 Å². The summed E-state index contributed by atoms with van der Waals surface area (Å²) in [4.78, 5) is 0. The molecule has 0 saturated carbocycles. The molecule has 12 rings (SSSR count). The van der Waals surface area contributed by atoms with Gasteiger partial charge in [0.15, 0.2) is 0 Å². The van der Waals surface area contributed by atoms with E-state index < -0.39 is 0 Å². The highest BCUT2D eigenvalue weighted by Gasteiger charge is 2.21. The van der Waals surface area contributed by atoms with Crippen LogP contribution >= 0.6 is 0 Å². The summed E-state index contributed by atoms with van der Waals surface area (Å²) in [5.41, 5.74) is 13.8. The number of hydrogen-bond donors (Lipinski definition) is 0. The van der Waals surface area contributed by atoms with Crippen LogP contribution in [0.5, 0.6) is 0 Å². The Hall–Kier alpha value is -7.87. The summed E-state index contributed by atoms with van der Waals surface area (Å²) in [6, 6.07) is 69.2. The van der Waals surface area contributed by atoms with E-state index in [2.05, 4.69) is 173 Å². The predicted octanol–water partition coefficient (Wildman–Crippen LogP) is 14.1. The molecule has 0 N–H and O–H groups in total. The average molecular weight is 726 g/mol. The summed E-state index contributed by atoms with van der Waals surface area (Å²) in [6.45, 7) is 0.